The van der Waals surface area contributed by atoms with Crippen molar-refractivity contribution in [1.82, 2.24) is 4.90 Å². The predicted molar refractivity (Wildman–Crippen MR) is 85.8 cm³/mol. The van der Waals surface area contributed by atoms with E-state index in [4.69, 9.17) is 15.2 Å². The molecule has 0 bridgehead atoms. The number of amides is 1. The average Bonchev–Trinajstić information content (AvgIpc) is 2.59. The molecular weight excluding hydrogens is 280 g/mol. The van der Waals surface area contributed by atoms with Gasteiger partial charge in [-0.3, -0.25) is 4.79 Å². The Morgan fingerprint density at radius 1 is 1.55 bits per heavy atom. The molecule has 122 valence electrons. The van der Waals surface area contributed by atoms with Crippen LogP contribution < -0.4 is 10.5 Å². The SMILES string of the molecule is CCCC[C@H](N)C(=O)N1CCO[C@H](c2cccc(OC)c2)C1. The van der Waals surface area contributed by atoms with E-state index in [1.165, 1.54) is 0 Å². The second-order valence-electron chi connectivity index (χ2n) is 5.67. The highest BCUT2D eigenvalue weighted by Crippen LogP contribution is 2.25. The summed E-state index contributed by atoms with van der Waals surface area (Å²) in [5.41, 5.74) is 7.04. The minimum Gasteiger partial charge on any atom is -0.497 e. The standard InChI is InChI=1S/C17H26N2O3/c1-3-4-8-15(18)17(20)19-9-10-22-16(12-19)13-6-5-7-14(11-13)21-2/h5-7,11,15-16H,3-4,8-10,12,18H2,1-2H3/t15-,16-/m0/s1. The molecule has 0 aromatic heterocycles. The number of benzene rings is 1. The summed E-state index contributed by atoms with van der Waals surface area (Å²) in [5.74, 6) is 0.828. The van der Waals surface area contributed by atoms with Gasteiger partial charge in [0.05, 0.1) is 26.3 Å². The molecule has 2 rings (SSSR count). The second kappa shape index (κ2) is 8.15. The quantitative estimate of drug-likeness (QED) is 0.874. The van der Waals surface area contributed by atoms with Crippen molar-refractivity contribution in [3.05, 3.63) is 29.8 Å². The second-order valence-corrected chi connectivity index (χ2v) is 5.67. The topological polar surface area (TPSA) is 64.8 Å². The molecule has 1 amide bonds. The van der Waals surface area contributed by atoms with Crippen LogP contribution in [0.3, 0.4) is 0 Å². The summed E-state index contributed by atoms with van der Waals surface area (Å²) in [7, 11) is 1.64. The van der Waals surface area contributed by atoms with Gasteiger partial charge in [0.25, 0.3) is 0 Å². The molecule has 5 nitrogen and oxygen atoms in total. The van der Waals surface area contributed by atoms with Crippen LogP contribution in [0.25, 0.3) is 0 Å². The third kappa shape index (κ3) is 4.21. The first-order chi connectivity index (χ1) is 10.7. The number of unbranched alkanes of at least 4 members (excludes halogenated alkanes) is 1. The number of methoxy groups -OCH3 is 1. The third-order valence-corrected chi connectivity index (χ3v) is 4.03. The number of carbonyl (C=O) groups excluding carboxylic acids is 1. The van der Waals surface area contributed by atoms with Gasteiger partial charge in [-0.25, -0.2) is 0 Å². The molecule has 0 aliphatic carbocycles. The zero-order valence-corrected chi connectivity index (χ0v) is 13.5. The number of carbonyl (C=O) groups is 1. The number of nitrogens with two attached hydrogens (primary N) is 1. The lowest BCUT2D eigenvalue weighted by atomic mass is 10.1. The molecule has 0 unspecified atom stereocenters. The van der Waals surface area contributed by atoms with E-state index in [2.05, 4.69) is 6.92 Å². The first-order valence-electron chi connectivity index (χ1n) is 7.95. The lowest BCUT2D eigenvalue weighted by molar-refractivity contribution is -0.140. The van der Waals surface area contributed by atoms with Crippen molar-refractivity contribution in [3.63, 3.8) is 0 Å². The molecule has 1 aliphatic rings. The van der Waals surface area contributed by atoms with Crippen LogP contribution in [-0.4, -0.2) is 43.7 Å². The minimum atomic E-state index is -0.399. The molecular formula is C17H26N2O3. The molecule has 1 heterocycles. The molecule has 2 atom stereocenters. The van der Waals surface area contributed by atoms with Crippen molar-refractivity contribution in [2.45, 2.75) is 38.3 Å². The van der Waals surface area contributed by atoms with E-state index in [0.717, 1.165) is 30.6 Å². The molecule has 1 saturated heterocycles. The Morgan fingerprint density at radius 3 is 3.09 bits per heavy atom. The smallest absolute Gasteiger partial charge is 0.239 e. The average molecular weight is 306 g/mol. The molecule has 1 aliphatic heterocycles. The van der Waals surface area contributed by atoms with E-state index in [1.807, 2.05) is 29.2 Å². The summed E-state index contributed by atoms with van der Waals surface area (Å²) in [6, 6.07) is 7.39. The molecule has 2 N–H and O–H groups in total. The van der Waals surface area contributed by atoms with Gasteiger partial charge in [0.15, 0.2) is 0 Å². The van der Waals surface area contributed by atoms with Crippen LogP contribution in [0.15, 0.2) is 24.3 Å². The van der Waals surface area contributed by atoms with E-state index in [-0.39, 0.29) is 12.0 Å². The highest BCUT2D eigenvalue weighted by atomic mass is 16.5. The van der Waals surface area contributed by atoms with E-state index in [1.54, 1.807) is 7.11 Å². The Morgan fingerprint density at radius 2 is 2.36 bits per heavy atom. The normalized spacial score (nSPS) is 19.8. The van der Waals surface area contributed by atoms with E-state index < -0.39 is 6.04 Å². The molecule has 1 aromatic rings. The van der Waals surface area contributed by atoms with Crippen molar-refractivity contribution in [2.75, 3.05) is 26.8 Å². The van der Waals surface area contributed by atoms with Gasteiger partial charge in [0, 0.05) is 6.54 Å². The van der Waals surface area contributed by atoms with Crippen LogP contribution in [0.2, 0.25) is 0 Å². The number of hydrogen-bond donors (Lipinski definition) is 1. The zero-order valence-electron chi connectivity index (χ0n) is 13.5. The van der Waals surface area contributed by atoms with Crippen molar-refractivity contribution < 1.29 is 14.3 Å². The maximum atomic E-state index is 12.4. The van der Waals surface area contributed by atoms with Crippen LogP contribution in [0.5, 0.6) is 5.75 Å². The highest BCUT2D eigenvalue weighted by Gasteiger charge is 2.28. The minimum absolute atomic E-state index is 0.0321. The predicted octanol–water partition coefficient (Wildman–Crippen LogP) is 2.11. The van der Waals surface area contributed by atoms with Crippen molar-refractivity contribution in [3.8, 4) is 5.75 Å². The largest absolute Gasteiger partial charge is 0.497 e. The number of morpholine rings is 1. The number of ether oxygens (including phenoxy) is 2. The molecule has 0 radical (unpaired) electrons. The summed E-state index contributed by atoms with van der Waals surface area (Å²) in [4.78, 5) is 14.3. The van der Waals surface area contributed by atoms with Gasteiger partial charge in [-0.1, -0.05) is 31.9 Å². The van der Waals surface area contributed by atoms with Crippen molar-refractivity contribution >= 4 is 5.91 Å². The van der Waals surface area contributed by atoms with Crippen LogP contribution in [0.4, 0.5) is 0 Å². The molecule has 1 aromatic carbocycles. The van der Waals surface area contributed by atoms with Gasteiger partial charge in [-0.05, 0) is 24.1 Å². The summed E-state index contributed by atoms with van der Waals surface area (Å²) >= 11 is 0. The first-order valence-corrected chi connectivity index (χ1v) is 7.95. The molecule has 22 heavy (non-hydrogen) atoms. The van der Waals surface area contributed by atoms with Gasteiger partial charge in [-0.15, -0.1) is 0 Å². The van der Waals surface area contributed by atoms with Gasteiger partial charge >= 0.3 is 0 Å². The van der Waals surface area contributed by atoms with Crippen molar-refractivity contribution in [1.29, 1.82) is 0 Å². The van der Waals surface area contributed by atoms with E-state index >= 15 is 0 Å². The van der Waals surface area contributed by atoms with Crippen molar-refractivity contribution in [2.24, 2.45) is 5.73 Å². The Bertz CT molecular complexity index is 493. The maximum Gasteiger partial charge on any atom is 0.239 e. The fraction of sp³-hybridized carbons (Fsp3) is 0.588. The fourth-order valence-electron chi connectivity index (χ4n) is 2.67. The van der Waals surface area contributed by atoms with Crippen LogP contribution in [-0.2, 0) is 9.53 Å². The number of nitrogens with zero attached hydrogens (tertiary/aromatic N) is 1. The highest BCUT2D eigenvalue weighted by molar-refractivity contribution is 5.81. The Kier molecular flexibility index (Phi) is 6.21. The van der Waals surface area contributed by atoms with Gasteiger partial charge in [0.1, 0.15) is 11.9 Å². The first kappa shape index (κ1) is 16.8. The Labute approximate surface area is 132 Å². The summed E-state index contributed by atoms with van der Waals surface area (Å²) in [6.07, 6.45) is 2.66. The van der Waals surface area contributed by atoms with Gasteiger partial charge in [0.2, 0.25) is 5.91 Å². The Balaban J connectivity index is 2.00. The third-order valence-electron chi connectivity index (χ3n) is 4.03. The summed E-state index contributed by atoms with van der Waals surface area (Å²) in [5, 5.41) is 0. The molecule has 5 heteroatoms. The number of hydrogen-bond acceptors (Lipinski definition) is 4. The molecule has 0 spiro atoms. The summed E-state index contributed by atoms with van der Waals surface area (Å²) < 4.78 is 11.1. The maximum absolute atomic E-state index is 12.4. The molecule has 0 saturated carbocycles. The van der Waals surface area contributed by atoms with Gasteiger partial charge in [-0.2, -0.15) is 0 Å². The van der Waals surface area contributed by atoms with Crippen LogP contribution >= 0.6 is 0 Å². The van der Waals surface area contributed by atoms with E-state index in [9.17, 15) is 4.79 Å². The van der Waals surface area contributed by atoms with Crippen LogP contribution in [0.1, 0.15) is 37.9 Å². The Hall–Kier alpha value is -1.59. The zero-order chi connectivity index (χ0) is 15.9. The lowest BCUT2D eigenvalue weighted by Gasteiger charge is -2.34. The van der Waals surface area contributed by atoms with E-state index in [0.29, 0.717) is 19.7 Å². The number of rotatable bonds is 6. The fourth-order valence-corrected chi connectivity index (χ4v) is 2.67. The lowest BCUT2D eigenvalue weighted by Crippen LogP contribution is -2.49. The summed E-state index contributed by atoms with van der Waals surface area (Å²) in [6.45, 7) is 3.80. The van der Waals surface area contributed by atoms with Gasteiger partial charge < -0.3 is 20.1 Å². The molecule has 1 fully saturated rings. The monoisotopic (exact) mass is 306 g/mol. The van der Waals surface area contributed by atoms with Crippen LogP contribution in [0, 0.1) is 0 Å².